The number of quaternary nitrogens is 2. The van der Waals surface area contributed by atoms with Crippen LogP contribution in [0.5, 0.6) is 0 Å². The molecule has 2 aromatic rings. The summed E-state index contributed by atoms with van der Waals surface area (Å²) in [6, 6.07) is 14.3. The molecule has 0 aliphatic carbocycles. The Balaban J connectivity index is 0.000000710. The lowest BCUT2D eigenvalue weighted by Gasteiger charge is -2.37. The minimum absolute atomic E-state index is 0.198. The van der Waals surface area contributed by atoms with Gasteiger partial charge in [-0.25, -0.2) is 0 Å². The van der Waals surface area contributed by atoms with Gasteiger partial charge in [-0.05, 0) is 62.8 Å². The molecule has 0 aromatic heterocycles. The van der Waals surface area contributed by atoms with Crippen LogP contribution in [-0.4, -0.2) is 61.1 Å². The predicted molar refractivity (Wildman–Crippen MR) is 171 cm³/mol. The molecule has 0 bridgehead atoms. The predicted octanol–water partition coefficient (Wildman–Crippen LogP) is 4.75. The van der Waals surface area contributed by atoms with Gasteiger partial charge in [-0.1, -0.05) is 41.5 Å². The fourth-order valence-corrected chi connectivity index (χ4v) is 5.82. The number of non-ortho nitro benzene ring substituents is 2. The van der Waals surface area contributed by atoms with Crippen molar-refractivity contribution in [1.29, 1.82) is 0 Å². The number of nitrogens with zero attached hydrogens (tertiary/aromatic N) is 4. The topological polar surface area (TPSA) is 167 Å². The van der Waals surface area contributed by atoms with Crippen LogP contribution in [0.25, 0.3) is 0 Å². The lowest BCUT2D eigenvalue weighted by molar-refractivity contribution is -0.385. The maximum absolute atomic E-state index is 11.0. The highest BCUT2D eigenvalue weighted by Gasteiger charge is 2.30. The Morgan fingerprint density at radius 2 is 0.795 bits per heavy atom. The number of hydrogen-bond acceptors (Lipinski definition) is 8. The molecule has 44 heavy (non-hydrogen) atoms. The molecule has 0 fully saturated rings. The van der Waals surface area contributed by atoms with Crippen LogP contribution in [-0.2, 0) is 9.59 Å². The Bertz CT molecular complexity index is 1060. The van der Waals surface area contributed by atoms with E-state index in [0.29, 0.717) is 0 Å². The average molecular weight is 619 g/mol. The Kier molecular flexibility index (Phi) is 19.1. The van der Waals surface area contributed by atoms with Crippen molar-refractivity contribution in [2.75, 3.05) is 39.3 Å². The third-order valence-electron chi connectivity index (χ3n) is 7.25. The van der Waals surface area contributed by atoms with Gasteiger partial charge in [0, 0.05) is 12.1 Å². The highest BCUT2D eigenvalue weighted by molar-refractivity contribution is 6.25. The van der Waals surface area contributed by atoms with Crippen molar-refractivity contribution in [3.05, 3.63) is 68.8 Å². The number of benzene rings is 2. The van der Waals surface area contributed by atoms with Gasteiger partial charge in [-0.2, -0.15) is 0 Å². The number of carbonyl (C=O) groups is 2. The Morgan fingerprint density at radius 1 is 0.545 bits per heavy atom. The van der Waals surface area contributed by atoms with Gasteiger partial charge in [0.15, 0.2) is 0 Å². The zero-order valence-electron chi connectivity index (χ0n) is 27.2. The molecule has 0 N–H and O–H groups in total. The summed E-state index contributed by atoms with van der Waals surface area (Å²) in [4.78, 5) is 39.1. The smallest absolute Gasteiger partial charge is 0.275 e. The first-order valence-electron chi connectivity index (χ1n) is 15.5. The van der Waals surface area contributed by atoms with Gasteiger partial charge in [0.2, 0.25) is 0 Å². The molecule has 0 aliphatic heterocycles. The lowest BCUT2D eigenvalue weighted by atomic mass is 10.1. The minimum atomic E-state index is -2.19. The molecule has 0 radical (unpaired) electrons. The van der Waals surface area contributed by atoms with Crippen LogP contribution in [0.3, 0.4) is 0 Å². The number of rotatable bonds is 16. The summed E-state index contributed by atoms with van der Waals surface area (Å²) >= 11 is 0. The molecular formula is C32H50N4O8. The molecule has 12 nitrogen and oxygen atoms in total. The zero-order chi connectivity index (χ0) is 33.8. The Hall–Kier alpha value is -3.90. The van der Waals surface area contributed by atoms with Gasteiger partial charge in [-0.3, -0.25) is 29.2 Å². The first-order chi connectivity index (χ1) is 20.8. The highest BCUT2D eigenvalue weighted by Crippen LogP contribution is 2.30. The van der Waals surface area contributed by atoms with Crippen molar-refractivity contribution < 1.29 is 29.6 Å². The number of hydrogen-bond donors (Lipinski definition) is 0. The van der Waals surface area contributed by atoms with E-state index in [-0.39, 0.29) is 21.2 Å². The number of nitro groups is 2. The van der Waals surface area contributed by atoms with E-state index in [0.717, 1.165) is 98.1 Å². The molecule has 2 aromatic carbocycles. The number of carbonyl (C=O) groups excluding carboxylic acids is 2. The third-order valence-corrected chi connectivity index (χ3v) is 7.25. The van der Waals surface area contributed by atoms with Crippen molar-refractivity contribution in [3.8, 4) is 0 Å². The van der Waals surface area contributed by atoms with Crippen LogP contribution in [0.4, 0.5) is 22.7 Å². The number of carboxylic acids is 2. The standard InChI is InChI=1S/2C15H25N2O2.C2H2O4/c2*1-4-10-17(11-5-2,12-6-3)15-9-7-8-14(13-15)16(18)19;3-1(4)2(5)6/h2*7-9,13H,4-6,10-12H2,1-3H3;(H,3,4)(H,5,6)/q2*+1;/p-2. The normalized spacial score (nSPS) is 11.0. The molecule has 12 heteroatoms. The van der Waals surface area contributed by atoms with E-state index in [1.165, 1.54) is 0 Å². The van der Waals surface area contributed by atoms with E-state index in [1.54, 1.807) is 36.4 Å². The second kappa shape index (κ2) is 20.9. The quantitative estimate of drug-likeness (QED) is 0.112. The molecule has 0 amide bonds. The summed E-state index contributed by atoms with van der Waals surface area (Å²) in [6.45, 7) is 19.3. The van der Waals surface area contributed by atoms with Gasteiger partial charge in [0.1, 0.15) is 11.4 Å². The molecule has 2 rings (SSSR count). The third kappa shape index (κ3) is 12.8. The summed E-state index contributed by atoms with van der Waals surface area (Å²) in [5.41, 5.74) is 2.56. The van der Waals surface area contributed by atoms with Crippen LogP contribution in [0.15, 0.2) is 48.5 Å². The molecule has 0 unspecified atom stereocenters. The van der Waals surface area contributed by atoms with Crippen molar-refractivity contribution in [1.82, 2.24) is 8.97 Å². The van der Waals surface area contributed by atoms with Crippen molar-refractivity contribution >= 4 is 34.7 Å². The average Bonchev–Trinajstić information content (AvgIpc) is 2.98. The van der Waals surface area contributed by atoms with Crippen molar-refractivity contribution in [2.24, 2.45) is 0 Å². The summed E-state index contributed by atoms with van der Waals surface area (Å²) in [5, 5.41) is 39.8. The van der Waals surface area contributed by atoms with E-state index < -0.39 is 11.9 Å². The number of carboxylic acid groups (broad SMARTS) is 2. The SMILES string of the molecule is CCC[N+](CCC)(CCC)c1cccc([N+](=O)[O-])c1.CCC[N+](CCC)(CCC)c1cccc([N+](=O)[O-])c1.O=C([O-])C(=O)[O-]. The summed E-state index contributed by atoms with van der Waals surface area (Å²) in [5.74, 6) is -4.37. The van der Waals surface area contributed by atoms with Gasteiger partial charge in [-0.15, -0.1) is 0 Å². The maximum Gasteiger partial charge on any atom is 0.275 e. The fourth-order valence-electron chi connectivity index (χ4n) is 5.82. The summed E-state index contributed by atoms with van der Waals surface area (Å²) in [7, 11) is 0. The molecule has 246 valence electrons. The monoisotopic (exact) mass is 618 g/mol. The van der Waals surface area contributed by atoms with E-state index in [4.69, 9.17) is 19.8 Å². The molecule has 0 saturated heterocycles. The van der Waals surface area contributed by atoms with Crippen LogP contribution >= 0.6 is 0 Å². The van der Waals surface area contributed by atoms with E-state index >= 15 is 0 Å². The van der Waals surface area contributed by atoms with Gasteiger partial charge in [0.05, 0.1) is 73.2 Å². The summed E-state index contributed by atoms with van der Waals surface area (Å²) < 4.78 is 1.73. The van der Waals surface area contributed by atoms with Crippen LogP contribution in [0.2, 0.25) is 0 Å². The number of nitro benzene ring substituents is 2. The van der Waals surface area contributed by atoms with E-state index in [9.17, 15) is 20.2 Å². The van der Waals surface area contributed by atoms with Gasteiger partial charge < -0.3 is 19.8 Å². The highest BCUT2D eigenvalue weighted by atomic mass is 16.6. The van der Waals surface area contributed by atoms with Crippen molar-refractivity contribution in [2.45, 2.75) is 80.1 Å². The maximum atomic E-state index is 11.0. The molecule has 0 saturated carbocycles. The second-order valence-electron chi connectivity index (χ2n) is 10.8. The number of aliphatic carboxylic acids is 2. The second-order valence-corrected chi connectivity index (χ2v) is 10.8. The molecular weight excluding hydrogens is 568 g/mol. The largest absolute Gasteiger partial charge is 0.543 e. The fraction of sp³-hybridized carbons (Fsp3) is 0.562. The van der Waals surface area contributed by atoms with E-state index in [2.05, 4.69) is 41.5 Å². The molecule has 0 aliphatic rings. The lowest BCUT2D eigenvalue weighted by Crippen LogP contribution is -2.51. The van der Waals surface area contributed by atoms with Crippen LogP contribution in [0, 0.1) is 20.2 Å². The van der Waals surface area contributed by atoms with Crippen molar-refractivity contribution in [3.63, 3.8) is 0 Å². The van der Waals surface area contributed by atoms with Gasteiger partial charge in [0.25, 0.3) is 11.4 Å². The minimum Gasteiger partial charge on any atom is -0.543 e. The van der Waals surface area contributed by atoms with Crippen LogP contribution in [0.1, 0.15) is 80.1 Å². The molecule has 0 atom stereocenters. The zero-order valence-corrected chi connectivity index (χ0v) is 27.2. The summed E-state index contributed by atoms with van der Waals surface area (Å²) in [6.07, 6.45) is 6.52. The first kappa shape index (κ1) is 40.1. The first-order valence-corrected chi connectivity index (χ1v) is 15.5. The van der Waals surface area contributed by atoms with E-state index in [1.807, 2.05) is 12.1 Å². The Labute approximate surface area is 261 Å². The molecule has 0 spiro atoms. The molecule has 0 heterocycles. The van der Waals surface area contributed by atoms with Gasteiger partial charge >= 0.3 is 0 Å². The van der Waals surface area contributed by atoms with Crippen LogP contribution < -0.4 is 19.2 Å². The Morgan fingerprint density at radius 3 is 0.977 bits per heavy atom.